The molecular formula is C5H8ClNO. The molecule has 46 valence electrons. The second kappa shape index (κ2) is 3.64. The Hall–Kier alpha value is -0.340. The largest absolute Gasteiger partial charge is 0.389 e. The third-order valence-corrected chi connectivity index (χ3v) is 0.775. The molecule has 0 saturated carbocycles. The number of aliphatic hydroxyl groups excluding tert-OH is 1. The Balaban J connectivity index is 3.74. The van der Waals surface area contributed by atoms with E-state index in [0.717, 1.165) is 0 Å². The molecule has 0 bridgehead atoms. The van der Waals surface area contributed by atoms with Crippen LogP contribution in [0.25, 0.3) is 0 Å². The van der Waals surface area contributed by atoms with Crippen LogP contribution >= 0.6 is 11.6 Å². The second-order valence-corrected chi connectivity index (χ2v) is 1.78. The van der Waals surface area contributed by atoms with Gasteiger partial charge in [0.25, 0.3) is 0 Å². The molecule has 8 heavy (non-hydrogen) atoms. The standard InChI is InChI=1S/C5H8ClNO/c1-4(8)3-5(6)7-2/h3-4,8H,2H2,1H3/b5-3-. The van der Waals surface area contributed by atoms with Crippen LogP contribution < -0.4 is 0 Å². The van der Waals surface area contributed by atoms with E-state index < -0.39 is 6.10 Å². The van der Waals surface area contributed by atoms with Crippen molar-refractivity contribution in [2.24, 2.45) is 4.99 Å². The highest BCUT2D eigenvalue weighted by Crippen LogP contribution is 2.01. The summed E-state index contributed by atoms with van der Waals surface area (Å²) in [6.07, 6.45) is 0.849. The van der Waals surface area contributed by atoms with E-state index in [9.17, 15) is 0 Å². The first-order valence-electron chi connectivity index (χ1n) is 2.19. The van der Waals surface area contributed by atoms with E-state index in [-0.39, 0.29) is 5.16 Å². The predicted octanol–water partition coefficient (Wildman–Crippen LogP) is 1.15. The lowest BCUT2D eigenvalue weighted by Gasteiger charge is -1.91. The molecular weight excluding hydrogens is 126 g/mol. The van der Waals surface area contributed by atoms with Crippen LogP contribution in [0.5, 0.6) is 0 Å². The highest BCUT2D eigenvalue weighted by atomic mass is 35.5. The van der Waals surface area contributed by atoms with E-state index >= 15 is 0 Å². The molecule has 0 heterocycles. The molecule has 0 aliphatic carbocycles. The van der Waals surface area contributed by atoms with Crippen molar-refractivity contribution >= 4 is 18.3 Å². The Morgan fingerprint density at radius 1 is 2.00 bits per heavy atom. The fraction of sp³-hybridized carbons (Fsp3) is 0.400. The van der Waals surface area contributed by atoms with Gasteiger partial charge in [-0.2, -0.15) is 0 Å². The van der Waals surface area contributed by atoms with E-state index in [2.05, 4.69) is 11.7 Å². The molecule has 1 N–H and O–H groups in total. The normalized spacial score (nSPS) is 15.6. The van der Waals surface area contributed by atoms with E-state index in [1.54, 1.807) is 6.92 Å². The molecule has 0 radical (unpaired) electrons. The molecule has 0 aromatic heterocycles. The molecule has 2 nitrogen and oxygen atoms in total. The monoisotopic (exact) mass is 133 g/mol. The van der Waals surface area contributed by atoms with Crippen molar-refractivity contribution in [2.75, 3.05) is 0 Å². The van der Waals surface area contributed by atoms with E-state index in [4.69, 9.17) is 16.7 Å². The molecule has 1 atom stereocenters. The minimum absolute atomic E-state index is 0.236. The lowest BCUT2D eigenvalue weighted by atomic mass is 10.4. The summed E-state index contributed by atoms with van der Waals surface area (Å²) in [5.74, 6) is 0. The van der Waals surface area contributed by atoms with Crippen molar-refractivity contribution in [1.82, 2.24) is 0 Å². The number of aliphatic imine (C=N–C) groups is 1. The lowest BCUT2D eigenvalue weighted by Crippen LogP contribution is -1.92. The van der Waals surface area contributed by atoms with Gasteiger partial charge in [0, 0.05) is 0 Å². The van der Waals surface area contributed by atoms with Crippen LogP contribution in [0.2, 0.25) is 0 Å². The van der Waals surface area contributed by atoms with Crippen LogP contribution in [0.3, 0.4) is 0 Å². The fourth-order valence-electron chi connectivity index (χ4n) is 0.252. The Bertz CT molecular complexity index is 109. The number of aliphatic hydroxyl groups is 1. The van der Waals surface area contributed by atoms with Gasteiger partial charge in [-0.05, 0) is 19.7 Å². The van der Waals surface area contributed by atoms with Crippen molar-refractivity contribution < 1.29 is 5.11 Å². The zero-order chi connectivity index (χ0) is 6.57. The molecule has 0 spiro atoms. The molecule has 3 heteroatoms. The average Bonchev–Trinajstić information content (AvgIpc) is 1.65. The van der Waals surface area contributed by atoms with Gasteiger partial charge < -0.3 is 5.11 Å². The summed E-state index contributed by atoms with van der Waals surface area (Å²) >= 11 is 5.33. The Morgan fingerprint density at radius 3 is 2.62 bits per heavy atom. The number of hydrogen-bond acceptors (Lipinski definition) is 2. The smallest absolute Gasteiger partial charge is 0.126 e. The van der Waals surface area contributed by atoms with Crippen molar-refractivity contribution in [2.45, 2.75) is 13.0 Å². The first-order valence-corrected chi connectivity index (χ1v) is 2.56. The minimum atomic E-state index is -0.548. The molecule has 1 unspecified atom stereocenters. The first-order chi connectivity index (χ1) is 3.66. The molecule has 0 aromatic carbocycles. The van der Waals surface area contributed by atoms with Gasteiger partial charge in [-0.15, -0.1) is 0 Å². The summed E-state index contributed by atoms with van der Waals surface area (Å²) in [7, 11) is 0. The van der Waals surface area contributed by atoms with Crippen molar-refractivity contribution in [3.8, 4) is 0 Å². The quantitative estimate of drug-likeness (QED) is 0.445. The number of nitrogens with zero attached hydrogens (tertiary/aromatic N) is 1. The average molecular weight is 134 g/mol. The third-order valence-electron chi connectivity index (χ3n) is 0.530. The zero-order valence-corrected chi connectivity index (χ0v) is 5.39. The van der Waals surface area contributed by atoms with Crippen LogP contribution in [-0.4, -0.2) is 17.9 Å². The lowest BCUT2D eigenvalue weighted by molar-refractivity contribution is 0.243. The molecule has 0 aliphatic heterocycles. The SMILES string of the molecule is C=N/C(Cl)=C\C(C)O. The highest BCUT2D eigenvalue weighted by Gasteiger charge is 1.88. The third kappa shape index (κ3) is 3.84. The van der Waals surface area contributed by atoms with Crippen LogP contribution in [-0.2, 0) is 0 Å². The predicted molar refractivity (Wildman–Crippen MR) is 35.2 cm³/mol. The van der Waals surface area contributed by atoms with Crippen LogP contribution in [0.1, 0.15) is 6.92 Å². The van der Waals surface area contributed by atoms with Gasteiger partial charge >= 0.3 is 0 Å². The van der Waals surface area contributed by atoms with Crippen LogP contribution in [0.4, 0.5) is 0 Å². The van der Waals surface area contributed by atoms with Gasteiger partial charge in [-0.1, -0.05) is 11.6 Å². The number of halogens is 1. The van der Waals surface area contributed by atoms with E-state index in [1.807, 2.05) is 0 Å². The molecule has 0 fully saturated rings. The van der Waals surface area contributed by atoms with E-state index in [0.29, 0.717) is 0 Å². The summed E-state index contributed by atoms with van der Waals surface area (Å²) in [5, 5.41) is 8.84. The maximum Gasteiger partial charge on any atom is 0.126 e. The van der Waals surface area contributed by atoms with Crippen LogP contribution in [0.15, 0.2) is 16.2 Å². The molecule has 0 rings (SSSR count). The fourth-order valence-corrected chi connectivity index (χ4v) is 0.434. The van der Waals surface area contributed by atoms with Gasteiger partial charge in [0.2, 0.25) is 0 Å². The van der Waals surface area contributed by atoms with E-state index in [1.165, 1.54) is 6.08 Å². The van der Waals surface area contributed by atoms with Crippen molar-refractivity contribution in [3.05, 3.63) is 11.2 Å². The maximum absolute atomic E-state index is 8.61. The maximum atomic E-state index is 8.61. The summed E-state index contributed by atoms with van der Waals surface area (Å²) in [5.41, 5.74) is 0. The first kappa shape index (κ1) is 7.66. The molecule has 0 amide bonds. The summed E-state index contributed by atoms with van der Waals surface area (Å²) in [6.45, 7) is 4.74. The highest BCUT2D eigenvalue weighted by molar-refractivity contribution is 6.29. The summed E-state index contributed by atoms with van der Waals surface area (Å²) in [6, 6.07) is 0. The van der Waals surface area contributed by atoms with Crippen molar-refractivity contribution in [1.29, 1.82) is 0 Å². The summed E-state index contributed by atoms with van der Waals surface area (Å²) in [4.78, 5) is 3.35. The molecule has 0 saturated heterocycles. The summed E-state index contributed by atoms with van der Waals surface area (Å²) < 4.78 is 0. The second-order valence-electron chi connectivity index (χ2n) is 1.39. The Kier molecular flexibility index (Phi) is 3.48. The molecule has 0 aromatic rings. The number of rotatable bonds is 2. The zero-order valence-electron chi connectivity index (χ0n) is 4.63. The van der Waals surface area contributed by atoms with Gasteiger partial charge in [-0.3, -0.25) is 4.99 Å². The van der Waals surface area contributed by atoms with Gasteiger partial charge in [-0.25, -0.2) is 0 Å². The van der Waals surface area contributed by atoms with Gasteiger partial charge in [0.15, 0.2) is 0 Å². The Morgan fingerprint density at radius 2 is 2.50 bits per heavy atom. The van der Waals surface area contributed by atoms with Crippen molar-refractivity contribution in [3.63, 3.8) is 0 Å². The van der Waals surface area contributed by atoms with Gasteiger partial charge in [0.05, 0.1) is 6.10 Å². The minimum Gasteiger partial charge on any atom is -0.389 e. The molecule has 0 aliphatic rings. The topological polar surface area (TPSA) is 32.6 Å². The Labute approximate surface area is 53.5 Å². The van der Waals surface area contributed by atoms with Gasteiger partial charge in [0.1, 0.15) is 5.16 Å². The number of hydrogen-bond donors (Lipinski definition) is 1. The van der Waals surface area contributed by atoms with Crippen LogP contribution in [0, 0.1) is 0 Å².